The third-order valence-corrected chi connectivity index (χ3v) is 6.13. The molecule has 0 saturated carbocycles. The molecule has 4 rings (SSSR count). The number of carbonyl (C=O) groups is 2. The lowest BCUT2D eigenvalue weighted by molar-refractivity contribution is 0.0988. The number of piperazine rings is 1. The van der Waals surface area contributed by atoms with Crippen molar-refractivity contribution in [3.05, 3.63) is 92.5 Å². The van der Waals surface area contributed by atoms with Gasteiger partial charge in [-0.05, 0) is 29.3 Å². The number of aromatic amines is 1. The van der Waals surface area contributed by atoms with Gasteiger partial charge in [0.1, 0.15) is 0 Å². The SMILES string of the molecule is O=C(Cc1ccc(CN2CCNCC2)cc1)c1cc(C(=O)c2c(Cl)ccc(Cl)c2F)c[nH]1. The average Bonchev–Trinajstić information content (AvgIpc) is 3.29. The second kappa shape index (κ2) is 9.96. The first-order valence-electron chi connectivity index (χ1n) is 10.3. The number of ketones is 2. The number of carbonyl (C=O) groups excluding carboxylic acids is 2. The average molecular weight is 474 g/mol. The quantitative estimate of drug-likeness (QED) is 0.391. The van der Waals surface area contributed by atoms with Crippen molar-refractivity contribution in [1.82, 2.24) is 15.2 Å². The maximum absolute atomic E-state index is 14.3. The normalized spacial score (nSPS) is 14.5. The molecule has 0 aliphatic carbocycles. The molecule has 0 spiro atoms. The molecule has 166 valence electrons. The number of hydrogen-bond donors (Lipinski definition) is 2. The van der Waals surface area contributed by atoms with E-state index in [0.29, 0.717) is 0 Å². The molecule has 0 bridgehead atoms. The minimum absolute atomic E-state index is 0.0353. The number of rotatable bonds is 7. The maximum atomic E-state index is 14.3. The summed E-state index contributed by atoms with van der Waals surface area (Å²) in [5.74, 6) is -1.68. The zero-order chi connectivity index (χ0) is 22.7. The van der Waals surface area contributed by atoms with Crippen molar-refractivity contribution in [2.75, 3.05) is 26.2 Å². The van der Waals surface area contributed by atoms with Gasteiger partial charge in [-0.1, -0.05) is 47.5 Å². The lowest BCUT2D eigenvalue weighted by atomic mass is 10.0. The Hall–Kier alpha value is -2.51. The number of hydrogen-bond acceptors (Lipinski definition) is 4. The molecular weight excluding hydrogens is 452 g/mol. The Bertz CT molecular complexity index is 1140. The molecule has 0 radical (unpaired) electrons. The highest BCUT2D eigenvalue weighted by atomic mass is 35.5. The zero-order valence-corrected chi connectivity index (χ0v) is 18.8. The third-order valence-electron chi connectivity index (χ3n) is 5.52. The molecule has 8 heteroatoms. The van der Waals surface area contributed by atoms with Crippen molar-refractivity contribution in [3.8, 4) is 0 Å². The molecule has 2 N–H and O–H groups in total. The smallest absolute Gasteiger partial charge is 0.199 e. The van der Waals surface area contributed by atoms with Crippen LogP contribution in [0, 0.1) is 5.82 Å². The van der Waals surface area contributed by atoms with E-state index in [9.17, 15) is 14.0 Å². The largest absolute Gasteiger partial charge is 0.358 e. The van der Waals surface area contributed by atoms with Gasteiger partial charge in [-0.25, -0.2) is 4.39 Å². The molecule has 1 aromatic heterocycles. The fourth-order valence-corrected chi connectivity index (χ4v) is 4.13. The minimum Gasteiger partial charge on any atom is -0.358 e. The molecule has 1 saturated heterocycles. The van der Waals surface area contributed by atoms with Crippen molar-refractivity contribution >= 4 is 34.8 Å². The Labute approximate surface area is 195 Å². The number of H-pyrrole nitrogens is 1. The highest BCUT2D eigenvalue weighted by molar-refractivity contribution is 6.37. The van der Waals surface area contributed by atoms with E-state index in [1.165, 1.54) is 30.0 Å². The van der Waals surface area contributed by atoms with Gasteiger partial charge in [0, 0.05) is 50.9 Å². The summed E-state index contributed by atoms with van der Waals surface area (Å²) in [5, 5.41) is 3.11. The number of nitrogens with zero attached hydrogens (tertiary/aromatic N) is 1. The molecule has 32 heavy (non-hydrogen) atoms. The van der Waals surface area contributed by atoms with Crippen LogP contribution in [-0.2, 0) is 13.0 Å². The van der Waals surface area contributed by atoms with Crippen LogP contribution in [0.15, 0.2) is 48.7 Å². The summed E-state index contributed by atoms with van der Waals surface area (Å²) in [6, 6.07) is 12.1. The molecule has 1 aliphatic rings. The molecule has 3 aromatic rings. The second-order valence-electron chi connectivity index (χ2n) is 7.79. The highest BCUT2D eigenvalue weighted by Gasteiger charge is 2.22. The van der Waals surface area contributed by atoms with E-state index in [-0.39, 0.29) is 39.1 Å². The Morgan fingerprint density at radius 1 is 0.969 bits per heavy atom. The van der Waals surface area contributed by atoms with Crippen LogP contribution in [0.5, 0.6) is 0 Å². The summed E-state index contributed by atoms with van der Waals surface area (Å²) in [7, 11) is 0. The second-order valence-corrected chi connectivity index (χ2v) is 8.61. The number of nitrogens with one attached hydrogen (secondary N) is 2. The van der Waals surface area contributed by atoms with Gasteiger partial charge in [-0.15, -0.1) is 0 Å². The number of Topliss-reactive ketones (excluding diaryl/α,β-unsaturated/α-hetero) is 1. The predicted molar refractivity (Wildman–Crippen MR) is 123 cm³/mol. The van der Waals surface area contributed by atoms with E-state index < -0.39 is 11.6 Å². The van der Waals surface area contributed by atoms with Gasteiger partial charge in [0.15, 0.2) is 17.4 Å². The Morgan fingerprint density at radius 2 is 1.62 bits per heavy atom. The van der Waals surface area contributed by atoms with Crippen LogP contribution in [0.2, 0.25) is 10.0 Å². The summed E-state index contributed by atoms with van der Waals surface area (Å²) in [5.41, 5.74) is 2.19. The molecule has 1 fully saturated rings. The van der Waals surface area contributed by atoms with Crippen LogP contribution in [0.25, 0.3) is 0 Å². The lowest BCUT2D eigenvalue weighted by Crippen LogP contribution is -2.42. The minimum atomic E-state index is -0.876. The van der Waals surface area contributed by atoms with Crippen LogP contribution >= 0.6 is 23.2 Å². The van der Waals surface area contributed by atoms with E-state index >= 15 is 0 Å². The summed E-state index contributed by atoms with van der Waals surface area (Å²) in [4.78, 5) is 30.6. The number of halogens is 3. The summed E-state index contributed by atoms with van der Waals surface area (Å²) < 4.78 is 14.3. The topological polar surface area (TPSA) is 65.2 Å². The van der Waals surface area contributed by atoms with Crippen molar-refractivity contribution < 1.29 is 14.0 Å². The Balaban J connectivity index is 1.42. The van der Waals surface area contributed by atoms with Gasteiger partial charge < -0.3 is 10.3 Å². The standard InChI is InChI=1S/C24H22Cl2FN3O2/c25-18-5-6-19(26)23(27)22(18)24(32)17-12-20(29-13-17)21(31)11-15-1-3-16(4-2-15)14-30-9-7-28-8-10-30/h1-6,12-13,28-29H,7-11,14H2. The van der Waals surface area contributed by atoms with Gasteiger partial charge >= 0.3 is 0 Å². The first-order chi connectivity index (χ1) is 15.4. The molecule has 0 unspecified atom stereocenters. The van der Waals surface area contributed by atoms with Crippen LogP contribution in [-0.4, -0.2) is 47.6 Å². The Kier molecular flexibility index (Phi) is 7.06. The van der Waals surface area contributed by atoms with Gasteiger partial charge in [0.25, 0.3) is 0 Å². The fourth-order valence-electron chi connectivity index (χ4n) is 3.74. The van der Waals surface area contributed by atoms with Crippen LogP contribution in [0.3, 0.4) is 0 Å². The van der Waals surface area contributed by atoms with Crippen molar-refractivity contribution in [1.29, 1.82) is 0 Å². The van der Waals surface area contributed by atoms with Crippen molar-refractivity contribution in [2.45, 2.75) is 13.0 Å². The van der Waals surface area contributed by atoms with Crippen LogP contribution in [0.4, 0.5) is 4.39 Å². The van der Waals surface area contributed by atoms with E-state index in [4.69, 9.17) is 23.2 Å². The summed E-state index contributed by atoms with van der Waals surface area (Å²) in [6.45, 7) is 4.95. The van der Waals surface area contributed by atoms with Gasteiger partial charge in [-0.2, -0.15) is 0 Å². The van der Waals surface area contributed by atoms with Gasteiger partial charge in [-0.3, -0.25) is 14.5 Å². The van der Waals surface area contributed by atoms with Crippen LogP contribution < -0.4 is 5.32 Å². The first kappa shape index (κ1) is 22.7. The first-order valence-corrected chi connectivity index (χ1v) is 11.1. The zero-order valence-electron chi connectivity index (χ0n) is 17.3. The summed E-state index contributed by atoms with van der Waals surface area (Å²) >= 11 is 11.8. The molecule has 5 nitrogen and oxygen atoms in total. The summed E-state index contributed by atoms with van der Waals surface area (Å²) in [6.07, 6.45) is 1.57. The van der Waals surface area contributed by atoms with Gasteiger partial charge in [0.2, 0.25) is 0 Å². The maximum Gasteiger partial charge on any atom is 0.199 e. The fraction of sp³-hybridized carbons (Fsp3) is 0.250. The van der Waals surface area contributed by atoms with E-state index in [0.717, 1.165) is 38.3 Å². The number of aromatic nitrogens is 1. The van der Waals surface area contributed by atoms with E-state index in [1.54, 1.807) is 0 Å². The third kappa shape index (κ3) is 5.10. The molecular formula is C24H22Cl2FN3O2. The van der Waals surface area contributed by atoms with Crippen molar-refractivity contribution in [2.24, 2.45) is 0 Å². The molecule has 1 aliphatic heterocycles. The number of benzene rings is 2. The van der Waals surface area contributed by atoms with Crippen LogP contribution in [0.1, 0.15) is 37.5 Å². The lowest BCUT2D eigenvalue weighted by Gasteiger charge is -2.27. The Morgan fingerprint density at radius 3 is 2.34 bits per heavy atom. The van der Waals surface area contributed by atoms with Gasteiger partial charge in [0.05, 0.1) is 21.3 Å². The highest BCUT2D eigenvalue weighted by Crippen LogP contribution is 2.28. The van der Waals surface area contributed by atoms with Crippen molar-refractivity contribution in [3.63, 3.8) is 0 Å². The monoisotopic (exact) mass is 473 g/mol. The molecule has 2 aromatic carbocycles. The molecule has 0 amide bonds. The molecule has 2 heterocycles. The van der Waals surface area contributed by atoms with E-state index in [1.807, 2.05) is 24.3 Å². The van der Waals surface area contributed by atoms with E-state index in [2.05, 4.69) is 15.2 Å². The molecule has 0 atom stereocenters. The predicted octanol–water partition coefficient (Wildman–Crippen LogP) is 4.52.